The van der Waals surface area contributed by atoms with Gasteiger partial charge in [-0.15, -0.1) is 0 Å². The van der Waals surface area contributed by atoms with Gasteiger partial charge in [0, 0.05) is 17.0 Å². The predicted octanol–water partition coefficient (Wildman–Crippen LogP) is 3.09. The lowest BCUT2D eigenvalue weighted by molar-refractivity contribution is 0.394. The van der Waals surface area contributed by atoms with E-state index in [1.54, 1.807) is 26.5 Å². The van der Waals surface area contributed by atoms with E-state index in [0.717, 1.165) is 22.2 Å². The normalized spacial score (nSPS) is 10.9. The van der Waals surface area contributed by atoms with Crippen molar-refractivity contribution in [2.75, 3.05) is 19.6 Å². The summed E-state index contributed by atoms with van der Waals surface area (Å²) in [5.41, 5.74) is 4.64. The first-order valence-electron chi connectivity index (χ1n) is 7.02. The van der Waals surface area contributed by atoms with Gasteiger partial charge in [0.15, 0.2) is 5.82 Å². The standard InChI is InChI=1S/C17H16N4O2/c1-22-13-8-7-12(16(9-13)23-2)10-20-21-17-14-5-3-4-6-15(14)18-11-19-17/h3-11H,1-2H3,(H,18,19,21)/b20-10-. The van der Waals surface area contributed by atoms with Crippen LogP contribution in [0.2, 0.25) is 0 Å². The lowest BCUT2D eigenvalue weighted by Crippen LogP contribution is -1.97. The second kappa shape index (κ2) is 6.74. The van der Waals surface area contributed by atoms with E-state index in [0.29, 0.717) is 11.6 Å². The Labute approximate surface area is 133 Å². The van der Waals surface area contributed by atoms with Crippen molar-refractivity contribution >= 4 is 22.9 Å². The van der Waals surface area contributed by atoms with Crippen LogP contribution < -0.4 is 14.9 Å². The Kier molecular flexibility index (Phi) is 4.33. The molecule has 3 aromatic rings. The van der Waals surface area contributed by atoms with E-state index in [2.05, 4.69) is 20.5 Å². The van der Waals surface area contributed by atoms with Crippen LogP contribution in [-0.2, 0) is 0 Å². The van der Waals surface area contributed by atoms with Crippen molar-refractivity contribution in [2.24, 2.45) is 5.10 Å². The number of hydrazone groups is 1. The first-order valence-corrected chi connectivity index (χ1v) is 7.02. The van der Waals surface area contributed by atoms with Crippen LogP contribution in [-0.4, -0.2) is 30.4 Å². The summed E-state index contributed by atoms with van der Waals surface area (Å²) in [4.78, 5) is 8.44. The van der Waals surface area contributed by atoms with Gasteiger partial charge in [0.05, 0.1) is 26.0 Å². The van der Waals surface area contributed by atoms with Crippen LogP contribution >= 0.6 is 0 Å². The van der Waals surface area contributed by atoms with Crippen LogP contribution in [0.1, 0.15) is 5.56 Å². The Morgan fingerprint density at radius 1 is 1.04 bits per heavy atom. The van der Waals surface area contributed by atoms with Gasteiger partial charge in [0.2, 0.25) is 0 Å². The fraction of sp³-hybridized carbons (Fsp3) is 0.118. The maximum Gasteiger partial charge on any atom is 0.157 e. The van der Waals surface area contributed by atoms with Crippen LogP contribution in [0, 0.1) is 0 Å². The molecule has 0 aliphatic rings. The fourth-order valence-electron chi connectivity index (χ4n) is 2.18. The van der Waals surface area contributed by atoms with Crippen molar-refractivity contribution in [3.05, 3.63) is 54.4 Å². The van der Waals surface area contributed by atoms with Gasteiger partial charge in [-0.1, -0.05) is 12.1 Å². The summed E-state index contributed by atoms with van der Waals surface area (Å²) in [6.07, 6.45) is 3.18. The van der Waals surface area contributed by atoms with Crippen molar-refractivity contribution in [2.45, 2.75) is 0 Å². The van der Waals surface area contributed by atoms with Crippen LogP contribution in [0.5, 0.6) is 11.5 Å². The number of anilines is 1. The highest BCUT2D eigenvalue weighted by molar-refractivity contribution is 5.89. The van der Waals surface area contributed by atoms with Gasteiger partial charge in [0.25, 0.3) is 0 Å². The Balaban J connectivity index is 1.83. The molecule has 0 saturated carbocycles. The zero-order valence-electron chi connectivity index (χ0n) is 12.9. The molecule has 6 heteroatoms. The Morgan fingerprint density at radius 3 is 2.74 bits per heavy atom. The smallest absolute Gasteiger partial charge is 0.157 e. The third-order valence-corrected chi connectivity index (χ3v) is 3.36. The highest BCUT2D eigenvalue weighted by Gasteiger charge is 2.04. The molecule has 0 fully saturated rings. The van der Waals surface area contributed by atoms with Crippen molar-refractivity contribution in [3.8, 4) is 11.5 Å². The SMILES string of the molecule is COc1ccc(/C=N\Nc2ncnc3ccccc23)c(OC)c1. The molecule has 0 unspecified atom stereocenters. The largest absolute Gasteiger partial charge is 0.497 e. The number of methoxy groups -OCH3 is 2. The maximum atomic E-state index is 5.34. The van der Waals surface area contributed by atoms with Gasteiger partial charge < -0.3 is 9.47 Å². The monoisotopic (exact) mass is 308 g/mol. The van der Waals surface area contributed by atoms with E-state index in [1.807, 2.05) is 36.4 Å². The molecule has 0 radical (unpaired) electrons. The minimum absolute atomic E-state index is 0.652. The van der Waals surface area contributed by atoms with Crippen molar-refractivity contribution in [1.29, 1.82) is 0 Å². The summed E-state index contributed by atoms with van der Waals surface area (Å²) in [5, 5.41) is 5.15. The summed E-state index contributed by atoms with van der Waals surface area (Å²) in [7, 11) is 3.22. The third-order valence-electron chi connectivity index (χ3n) is 3.36. The minimum Gasteiger partial charge on any atom is -0.497 e. The van der Waals surface area contributed by atoms with Crippen molar-refractivity contribution in [1.82, 2.24) is 9.97 Å². The summed E-state index contributed by atoms with van der Waals surface area (Å²) in [6, 6.07) is 13.3. The Bertz CT molecular complexity index is 844. The molecule has 6 nitrogen and oxygen atoms in total. The quantitative estimate of drug-likeness (QED) is 0.579. The van der Waals surface area contributed by atoms with E-state index in [4.69, 9.17) is 9.47 Å². The Morgan fingerprint density at radius 2 is 1.91 bits per heavy atom. The molecule has 1 N–H and O–H groups in total. The molecular formula is C17H16N4O2. The van der Waals surface area contributed by atoms with Crippen LogP contribution in [0.3, 0.4) is 0 Å². The first-order chi connectivity index (χ1) is 11.3. The highest BCUT2D eigenvalue weighted by Crippen LogP contribution is 2.23. The highest BCUT2D eigenvalue weighted by atomic mass is 16.5. The number of aromatic nitrogens is 2. The van der Waals surface area contributed by atoms with E-state index in [-0.39, 0.29) is 0 Å². The number of rotatable bonds is 5. The van der Waals surface area contributed by atoms with E-state index < -0.39 is 0 Å². The van der Waals surface area contributed by atoms with Gasteiger partial charge >= 0.3 is 0 Å². The fourth-order valence-corrected chi connectivity index (χ4v) is 2.18. The minimum atomic E-state index is 0.652. The second-order valence-electron chi connectivity index (χ2n) is 4.72. The summed E-state index contributed by atoms with van der Waals surface area (Å²) in [5.74, 6) is 2.07. The molecule has 116 valence electrons. The van der Waals surface area contributed by atoms with E-state index in [9.17, 15) is 0 Å². The van der Waals surface area contributed by atoms with Gasteiger partial charge in [0.1, 0.15) is 17.8 Å². The maximum absolute atomic E-state index is 5.34. The van der Waals surface area contributed by atoms with Crippen molar-refractivity contribution < 1.29 is 9.47 Å². The summed E-state index contributed by atoms with van der Waals surface area (Å²) >= 11 is 0. The molecule has 0 saturated heterocycles. The summed E-state index contributed by atoms with van der Waals surface area (Å²) < 4.78 is 10.5. The van der Waals surface area contributed by atoms with E-state index >= 15 is 0 Å². The average molecular weight is 308 g/mol. The molecule has 1 heterocycles. The molecule has 0 atom stereocenters. The van der Waals surface area contributed by atoms with Crippen LogP contribution in [0.25, 0.3) is 10.9 Å². The number of ether oxygens (including phenoxy) is 2. The molecule has 0 aliphatic carbocycles. The first kappa shape index (κ1) is 14.8. The lowest BCUT2D eigenvalue weighted by atomic mass is 10.2. The zero-order chi connectivity index (χ0) is 16.1. The summed E-state index contributed by atoms with van der Waals surface area (Å²) in [6.45, 7) is 0. The van der Waals surface area contributed by atoms with Gasteiger partial charge in [-0.2, -0.15) is 5.10 Å². The van der Waals surface area contributed by atoms with Gasteiger partial charge in [-0.3, -0.25) is 5.43 Å². The Hall–Kier alpha value is -3.15. The number of hydrogen-bond donors (Lipinski definition) is 1. The number of nitrogens with one attached hydrogen (secondary N) is 1. The second-order valence-corrected chi connectivity index (χ2v) is 4.72. The molecule has 0 spiro atoms. The number of para-hydroxylation sites is 1. The number of nitrogens with zero attached hydrogens (tertiary/aromatic N) is 3. The van der Waals surface area contributed by atoms with Gasteiger partial charge in [-0.05, 0) is 24.3 Å². The molecular weight excluding hydrogens is 292 g/mol. The molecule has 1 aromatic heterocycles. The molecule has 2 aromatic carbocycles. The lowest BCUT2D eigenvalue weighted by Gasteiger charge is -2.07. The number of hydrogen-bond acceptors (Lipinski definition) is 6. The molecule has 0 bridgehead atoms. The van der Waals surface area contributed by atoms with Crippen molar-refractivity contribution in [3.63, 3.8) is 0 Å². The predicted molar refractivity (Wildman–Crippen MR) is 90.3 cm³/mol. The third kappa shape index (κ3) is 3.21. The molecule has 23 heavy (non-hydrogen) atoms. The van der Waals surface area contributed by atoms with Gasteiger partial charge in [-0.25, -0.2) is 9.97 Å². The van der Waals surface area contributed by atoms with Crippen LogP contribution in [0.15, 0.2) is 53.9 Å². The number of benzene rings is 2. The number of fused-ring (bicyclic) bond motifs is 1. The topological polar surface area (TPSA) is 68.6 Å². The van der Waals surface area contributed by atoms with Crippen LogP contribution in [0.4, 0.5) is 5.82 Å². The average Bonchev–Trinajstić information content (AvgIpc) is 2.62. The molecule has 0 amide bonds. The van der Waals surface area contributed by atoms with E-state index in [1.165, 1.54) is 6.33 Å². The zero-order valence-corrected chi connectivity index (χ0v) is 12.9. The molecule has 0 aliphatic heterocycles. The molecule has 3 rings (SSSR count).